The van der Waals surface area contributed by atoms with Crippen LogP contribution in [0.15, 0.2) is 72.9 Å². The Labute approximate surface area is 177 Å². The molecule has 0 aliphatic rings. The highest BCUT2D eigenvalue weighted by molar-refractivity contribution is 5.91. The molecule has 0 spiro atoms. The van der Waals surface area contributed by atoms with Crippen molar-refractivity contribution in [3.8, 4) is 11.6 Å². The van der Waals surface area contributed by atoms with Crippen LogP contribution in [0.2, 0.25) is 0 Å². The number of amides is 1. The first-order valence-corrected chi connectivity index (χ1v) is 10.0. The topological polar surface area (TPSA) is 72.5 Å². The molecule has 0 saturated carbocycles. The second-order valence-corrected chi connectivity index (χ2v) is 6.90. The lowest BCUT2D eigenvalue weighted by Gasteiger charge is -2.10. The van der Waals surface area contributed by atoms with Gasteiger partial charge in [0, 0.05) is 24.5 Å². The minimum Gasteiger partial charge on any atom is -0.484 e. The lowest BCUT2D eigenvalue weighted by Crippen LogP contribution is -2.20. The maximum absolute atomic E-state index is 12.1. The average molecular weight is 405 g/mol. The Morgan fingerprint density at radius 1 is 1.00 bits per heavy atom. The van der Waals surface area contributed by atoms with Crippen molar-refractivity contribution in [1.82, 2.24) is 10.3 Å². The van der Waals surface area contributed by atoms with Gasteiger partial charge in [0.05, 0.1) is 6.61 Å². The summed E-state index contributed by atoms with van der Waals surface area (Å²) in [4.78, 5) is 16.2. The van der Waals surface area contributed by atoms with Crippen molar-refractivity contribution in [2.75, 3.05) is 25.1 Å². The van der Waals surface area contributed by atoms with E-state index in [4.69, 9.17) is 9.47 Å². The van der Waals surface area contributed by atoms with Gasteiger partial charge < -0.3 is 20.1 Å². The summed E-state index contributed by atoms with van der Waals surface area (Å²) in [7, 11) is 0. The van der Waals surface area contributed by atoms with Crippen molar-refractivity contribution >= 4 is 11.6 Å². The van der Waals surface area contributed by atoms with Gasteiger partial charge in [0.2, 0.25) is 5.88 Å². The van der Waals surface area contributed by atoms with Gasteiger partial charge in [-0.1, -0.05) is 35.9 Å². The summed E-state index contributed by atoms with van der Waals surface area (Å²) in [5.74, 6) is 1.14. The fraction of sp³-hybridized carbons (Fsp3) is 0.250. The maximum atomic E-state index is 12.1. The largest absolute Gasteiger partial charge is 0.484 e. The predicted molar refractivity (Wildman–Crippen MR) is 118 cm³/mol. The van der Waals surface area contributed by atoms with Crippen molar-refractivity contribution in [2.45, 2.75) is 19.9 Å². The molecule has 2 N–H and O–H groups in total. The van der Waals surface area contributed by atoms with Crippen molar-refractivity contribution in [3.05, 3.63) is 84.1 Å². The molecule has 1 aromatic heterocycles. The number of hydrogen-bond donors (Lipinski definition) is 2. The third kappa shape index (κ3) is 7.56. The average Bonchev–Trinajstić information content (AvgIpc) is 2.77. The number of pyridine rings is 1. The predicted octanol–water partition coefficient (Wildman–Crippen LogP) is 3.97. The molecule has 1 heterocycles. The van der Waals surface area contributed by atoms with Crippen LogP contribution in [0.25, 0.3) is 0 Å². The minimum atomic E-state index is -0.185. The molecule has 0 atom stereocenters. The summed E-state index contributed by atoms with van der Waals surface area (Å²) in [5.41, 5.74) is 3.01. The van der Waals surface area contributed by atoms with Gasteiger partial charge in [0.25, 0.3) is 5.91 Å². The highest BCUT2D eigenvalue weighted by Gasteiger charge is 2.04. The second kappa shape index (κ2) is 11.6. The van der Waals surface area contributed by atoms with Gasteiger partial charge >= 0.3 is 0 Å². The normalized spacial score (nSPS) is 10.4. The standard InChI is InChI=1S/C24H27N3O3/c1-19-9-11-21(12-10-19)27-23(28)18-30-22-7-4-6-20(16-22)17-25-13-5-15-29-24-8-2-3-14-26-24/h2-4,6-12,14,16,25H,5,13,15,17-18H2,1H3,(H,27,28). The van der Waals surface area contributed by atoms with Crippen LogP contribution in [-0.2, 0) is 11.3 Å². The number of rotatable bonds is 11. The first-order valence-electron chi connectivity index (χ1n) is 10.0. The van der Waals surface area contributed by atoms with Crippen LogP contribution in [0.5, 0.6) is 11.6 Å². The molecule has 6 heteroatoms. The highest BCUT2D eigenvalue weighted by Crippen LogP contribution is 2.14. The van der Waals surface area contributed by atoms with Gasteiger partial charge in [-0.05, 0) is 55.8 Å². The zero-order valence-electron chi connectivity index (χ0n) is 17.1. The summed E-state index contributed by atoms with van der Waals surface area (Å²) >= 11 is 0. The number of ether oxygens (including phenoxy) is 2. The Hall–Kier alpha value is -3.38. The van der Waals surface area contributed by atoms with Crippen LogP contribution in [0.3, 0.4) is 0 Å². The van der Waals surface area contributed by atoms with Gasteiger partial charge in [-0.25, -0.2) is 4.98 Å². The van der Waals surface area contributed by atoms with Crippen LogP contribution < -0.4 is 20.1 Å². The molecule has 0 bridgehead atoms. The molecule has 0 unspecified atom stereocenters. The van der Waals surface area contributed by atoms with Crippen molar-refractivity contribution in [3.63, 3.8) is 0 Å². The first kappa shape index (κ1) is 21.3. The lowest BCUT2D eigenvalue weighted by molar-refractivity contribution is -0.118. The maximum Gasteiger partial charge on any atom is 0.262 e. The van der Waals surface area contributed by atoms with Gasteiger partial charge in [0.1, 0.15) is 5.75 Å². The van der Waals surface area contributed by atoms with Crippen LogP contribution >= 0.6 is 0 Å². The molecule has 30 heavy (non-hydrogen) atoms. The molecule has 3 aromatic rings. The molecule has 0 radical (unpaired) electrons. The Morgan fingerprint density at radius 2 is 1.87 bits per heavy atom. The number of hydrogen-bond acceptors (Lipinski definition) is 5. The number of anilines is 1. The molecule has 3 rings (SSSR count). The van der Waals surface area contributed by atoms with E-state index in [0.29, 0.717) is 18.2 Å². The smallest absolute Gasteiger partial charge is 0.262 e. The van der Waals surface area contributed by atoms with Gasteiger partial charge in [-0.15, -0.1) is 0 Å². The van der Waals surface area contributed by atoms with E-state index >= 15 is 0 Å². The van der Waals surface area contributed by atoms with Gasteiger partial charge in [0.15, 0.2) is 6.61 Å². The molecule has 156 valence electrons. The zero-order chi connectivity index (χ0) is 21.0. The Morgan fingerprint density at radius 3 is 2.67 bits per heavy atom. The Kier molecular flexibility index (Phi) is 8.23. The van der Waals surface area contributed by atoms with E-state index in [-0.39, 0.29) is 12.5 Å². The first-order chi connectivity index (χ1) is 14.7. The molecule has 0 aliphatic heterocycles. The van der Waals surface area contributed by atoms with Gasteiger partial charge in [-0.2, -0.15) is 0 Å². The number of aromatic nitrogens is 1. The molecular weight excluding hydrogens is 378 g/mol. The summed E-state index contributed by atoms with van der Waals surface area (Å²) in [6.45, 7) is 4.14. The number of aryl methyl sites for hydroxylation is 1. The number of nitrogens with one attached hydrogen (secondary N) is 2. The molecular formula is C24H27N3O3. The van der Waals surface area contributed by atoms with Crippen LogP contribution in [0.4, 0.5) is 5.69 Å². The van der Waals surface area contributed by atoms with Crippen molar-refractivity contribution < 1.29 is 14.3 Å². The SMILES string of the molecule is Cc1ccc(NC(=O)COc2cccc(CNCCCOc3ccccn3)c2)cc1. The molecule has 2 aromatic carbocycles. The molecule has 0 aliphatic carbocycles. The number of carbonyl (C=O) groups is 1. The Balaban J connectivity index is 1.33. The number of nitrogens with zero attached hydrogens (tertiary/aromatic N) is 1. The summed E-state index contributed by atoms with van der Waals surface area (Å²) in [5, 5.41) is 6.21. The van der Waals surface area contributed by atoms with E-state index < -0.39 is 0 Å². The fourth-order valence-electron chi connectivity index (χ4n) is 2.77. The van der Waals surface area contributed by atoms with Gasteiger partial charge in [-0.3, -0.25) is 4.79 Å². The zero-order valence-corrected chi connectivity index (χ0v) is 17.1. The number of carbonyl (C=O) groups excluding carboxylic acids is 1. The highest BCUT2D eigenvalue weighted by atomic mass is 16.5. The van der Waals surface area contributed by atoms with Crippen LogP contribution in [-0.4, -0.2) is 30.6 Å². The lowest BCUT2D eigenvalue weighted by atomic mass is 10.2. The van der Waals surface area contributed by atoms with E-state index in [2.05, 4.69) is 15.6 Å². The van der Waals surface area contributed by atoms with E-state index in [1.165, 1.54) is 0 Å². The summed E-state index contributed by atoms with van der Waals surface area (Å²) < 4.78 is 11.2. The van der Waals surface area contributed by atoms with E-state index in [1.807, 2.05) is 73.7 Å². The van der Waals surface area contributed by atoms with E-state index in [1.54, 1.807) is 6.20 Å². The van der Waals surface area contributed by atoms with E-state index in [0.717, 1.165) is 36.3 Å². The van der Waals surface area contributed by atoms with E-state index in [9.17, 15) is 4.79 Å². The van der Waals surface area contributed by atoms with Crippen molar-refractivity contribution in [1.29, 1.82) is 0 Å². The quantitative estimate of drug-likeness (QED) is 0.473. The molecule has 6 nitrogen and oxygen atoms in total. The molecule has 1 amide bonds. The van der Waals surface area contributed by atoms with Crippen molar-refractivity contribution in [2.24, 2.45) is 0 Å². The molecule has 0 fully saturated rings. The summed E-state index contributed by atoms with van der Waals surface area (Å²) in [6, 6.07) is 21.0. The third-order valence-corrected chi connectivity index (χ3v) is 4.32. The monoisotopic (exact) mass is 405 g/mol. The third-order valence-electron chi connectivity index (χ3n) is 4.32. The Bertz CT molecular complexity index is 914. The fourth-order valence-corrected chi connectivity index (χ4v) is 2.77. The summed E-state index contributed by atoms with van der Waals surface area (Å²) in [6.07, 6.45) is 2.60. The number of benzene rings is 2. The minimum absolute atomic E-state index is 0.0321. The van der Waals surface area contributed by atoms with Crippen LogP contribution in [0, 0.1) is 6.92 Å². The molecule has 0 saturated heterocycles. The van der Waals surface area contributed by atoms with Crippen LogP contribution in [0.1, 0.15) is 17.5 Å². The second-order valence-electron chi connectivity index (χ2n) is 6.90.